The molecule has 18 heavy (non-hydrogen) atoms. The Morgan fingerprint density at radius 1 is 1.33 bits per heavy atom. The van der Waals surface area contributed by atoms with Crippen molar-refractivity contribution in [3.8, 4) is 5.75 Å². The molecule has 2 nitrogen and oxygen atoms in total. The molecule has 1 aromatic rings. The SMILES string of the molecule is CCOc1ccc(Cl)cc1CNC1CCCC1.Cl. The molecule has 2 rings (SSSR count). The molecule has 1 aliphatic rings. The molecule has 0 aromatic heterocycles. The average molecular weight is 290 g/mol. The van der Waals surface area contributed by atoms with E-state index in [9.17, 15) is 0 Å². The molecule has 0 saturated heterocycles. The smallest absolute Gasteiger partial charge is 0.123 e. The predicted molar refractivity (Wildman–Crippen MR) is 79.0 cm³/mol. The summed E-state index contributed by atoms with van der Waals surface area (Å²) >= 11 is 6.03. The third-order valence-electron chi connectivity index (χ3n) is 3.26. The summed E-state index contributed by atoms with van der Waals surface area (Å²) in [7, 11) is 0. The fourth-order valence-electron chi connectivity index (χ4n) is 2.37. The van der Waals surface area contributed by atoms with Crippen molar-refractivity contribution in [1.82, 2.24) is 5.32 Å². The van der Waals surface area contributed by atoms with Gasteiger partial charge >= 0.3 is 0 Å². The van der Waals surface area contributed by atoms with E-state index in [0.717, 1.165) is 22.9 Å². The van der Waals surface area contributed by atoms with Crippen LogP contribution in [0, 0.1) is 0 Å². The first-order valence-electron chi connectivity index (χ1n) is 6.44. The summed E-state index contributed by atoms with van der Waals surface area (Å²) in [6.07, 6.45) is 5.30. The van der Waals surface area contributed by atoms with Crippen LogP contribution in [0.3, 0.4) is 0 Å². The zero-order chi connectivity index (χ0) is 12.1. The van der Waals surface area contributed by atoms with Gasteiger partial charge in [0.1, 0.15) is 5.75 Å². The van der Waals surface area contributed by atoms with E-state index in [-0.39, 0.29) is 12.4 Å². The van der Waals surface area contributed by atoms with Gasteiger partial charge in [-0.25, -0.2) is 0 Å². The number of halogens is 2. The van der Waals surface area contributed by atoms with Gasteiger partial charge in [0.2, 0.25) is 0 Å². The Bertz CT molecular complexity index is 365. The third kappa shape index (κ3) is 4.34. The van der Waals surface area contributed by atoms with Crippen molar-refractivity contribution in [2.45, 2.75) is 45.2 Å². The van der Waals surface area contributed by atoms with Gasteiger partial charge in [0.25, 0.3) is 0 Å². The molecule has 1 saturated carbocycles. The van der Waals surface area contributed by atoms with E-state index in [1.165, 1.54) is 25.7 Å². The van der Waals surface area contributed by atoms with Crippen molar-refractivity contribution < 1.29 is 4.74 Å². The highest BCUT2D eigenvalue weighted by Crippen LogP contribution is 2.24. The summed E-state index contributed by atoms with van der Waals surface area (Å²) in [6.45, 7) is 3.54. The molecule has 0 radical (unpaired) electrons. The van der Waals surface area contributed by atoms with Gasteiger partial charge in [0.15, 0.2) is 0 Å². The number of nitrogens with one attached hydrogen (secondary N) is 1. The summed E-state index contributed by atoms with van der Waals surface area (Å²) in [6, 6.07) is 6.50. The average Bonchev–Trinajstić information content (AvgIpc) is 2.82. The van der Waals surface area contributed by atoms with Gasteiger partial charge in [0, 0.05) is 23.2 Å². The molecule has 0 bridgehead atoms. The molecule has 1 aliphatic carbocycles. The van der Waals surface area contributed by atoms with Crippen molar-refractivity contribution in [3.63, 3.8) is 0 Å². The quantitative estimate of drug-likeness (QED) is 0.877. The van der Waals surface area contributed by atoms with E-state index in [4.69, 9.17) is 16.3 Å². The second-order valence-corrected chi connectivity index (χ2v) is 4.98. The minimum Gasteiger partial charge on any atom is -0.494 e. The van der Waals surface area contributed by atoms with Gasteiger partial charge in [0.05, 0.1) is 6.61 Å². The Labute approximate surface area is 120 Å². The van der Waals surface area contributed by atoms with Crippen molar-refractivity contribution in [2.24, 2.45) is 0 Å². The highest BCUT2D eigenvalue weighted by Gasteiger charge is 2.14. The van der Waals surface area contributed by atoms with E-state index in [0.29, 0.717) is 12.6 Å². The molecule has 1 fully saturated rings. The van der Waals surface area contributed by atoms with Crippen LogP contribution in [0.5, 0.6) is 5.75 Å². The molecule has 0 amide bonds. The summed E-state index contributed by atoms with van der Waals surface area (Å²) in [4.78, 5) is 0. The van der Waals surface area contributed by atoms with Gasteiger partial charge in [-0.3, -0.25) is 0 Å². The van der Waals surface area contributed by atoms with Crippen LogP contribution in [0.1, 0.15) is 38.2 Å². The van der Waals surface area contributed by atoms with Crippen LogP contribution < -0.4 is 10.1 Å². The van der Waals surface area contributed by atoms with Crippen LogP contribution in [-0.4, -0.2) is 12.6 Å². The zero-order valence-electron chi connectivity index (χ0n) is 10.7. The predicted octanol–water partition coefficient (Wildman–Crippen LogP) is 4.19. The third-order valence-corrected chi connectivity index (χ3v) is 3.49. The normalized spacial score (nSPS) is 15.4. The Kier molecular flexibility index (Phi) is 6.83. The second kappa shape index (κ2) is 7.88. The Morgan fingerprint density at radius 3 is 2.72 bits per heavy atom. The van der Waals surface area contributed by atoms with Gasteiger partial charge in [-0.05, 0) is 38.0 Å². The Hall–Kier alpha value is -0.440. The molecular formula is C14H21Cl2NO. The topological polar surface area (TPSA) is 21.3 Å². The molecule has 0 spiro atoms. The van der Waals surface area contributed by atoms with Crippen LogP contribution in [-0.2, 0) is 6.54 Å². The van der Waals surface area contributed by atoms with Gasteiger partial charge < -0.3 is 10.1 Å². The van der Waals surface area contributed by atoms with Crippen molar-refractivity contribution >= 4 is 24.0 Å². The minimum atomic E-state index is 0. The van der Waals surface area contributed by atoms with E-state index >= 15 is 0 Å². The first-order valence-corrected chi connectivity index (χ1v) is 6.82. The zero-order valence-corrected chi connectivity index (χ0v) is 12.3. The summed E-state index contributed by atoms with van der Waals surface area (Å²) < 4.78 is 5.61. The minimum absolute atomic E-state index is 0. The number of hydrogen-bond donors (Lipinski definition) is 1. The van der Waals surface area contributed by atoms with Crippen molar-refractivity contribution in [2.75, 3.05) is 6.61 Å². The molecule has 102 valence electrons. The first-order chi connectivity index (χ1) is 8.29. The van der Waals surface area contributed by atoms with Crippen LogP contribution in [0.2, 0.25) is 5.02 Å². The second-order valence-electron chi connectivity index (χ2n) is 4.55. The van der Waals surface area contributed by atoms with Crippen LogP contribution >= 0.6 is 24.0 Å². The lowest BCUT2D eigenvalue weighted by Gasteiger charge is -2.15. The summed E-state index contributed by atoms with van der Waals surface area (Å²) in [5.74, 6) is 0.947. The Balaban J connectivity index is 0.00000162. The lowest BCUT2D eigenvalue weighted by atomic mass is 10.1. The van der Waals surface area contributed by atoms with Crippen LogP contribution in [0.15, 0.2) is 18.2 Å². The van der Waals surface area contributed by atoms with Crippen LogP contribution in [0.25, 0.3) is 0 Å². The number of hydrogen-bond acceptors (Lipinski definition) is 2. The van der Waals surface area contributed by atoms with E-state index in [2.05, 4.69) is 5.32 Å². The van der Waals surface area contributed by atoms with Crippen LogP contribution in [0.4, 0.5) is 0 Å². The highest BCUT2D eigenvalue weighted by molar-refractivity contribution is 6.30. The Morgan fingerprint density at radius 2 is 2.06 bits per heavy atom. The van der Waals surface area contributed by atoms with Gasteiger partial charge in [-0.15, -0.1) is 12.4 Å². The molecular weight excluding hydrogens is 269 g/mol. The lowest BCUT2D eigenvalue weighted by Crippen LogP contribution is -2.25. The number of ether oxygens (including phenoxy) is 1. The largest absolute Gasteiger partial charge is 0.494 e. The van der Waals surface area contributed by atoms with E-state index < -0.39 is 0 Å². The lowest BCUT2D eigenvalue weighted by molar-refractivity contribution is 0.334. The molecule has 0 aliphatic heterocycles. The number of benzene rings is 1. The van der Waals surface area contributed by atoms with Gasteiger partial charge in [-0.1, -0.05) is 24.4 Å². The maximum atomic E-state index is 6.03. The highest BCUT2D eigenvalue weighted by atomic mass is 35.5. The molecule has 1 aromatic carbocycles. The van der Waals surface area contributed by atoms with E-state index in [1.807, 2.05) is 25.1 Å². The fourth-order valence-corrected chi connectivity index (χ4v) is 2.56. The van der Waals surface area contributed by atoms with E-state index in [1.54, 1.807) is 0 Å². The number of rotatable bonds is 5. The standard InChI is InChI=1S/C14H20ClNO.ClH/c1-2-17-14-8-7-12(15)9-11(14)10-16-13-5-3-4-6-13;/h7-9,13,16H,2-6,10H2,1H3;1H. The molecule has 0 unspecified atom stereocenters. The van der Waals surface area contributed by atoms with Crippen molar-refractivity contribution in [3.05, 3.63) is 28.8 Å². The summed E-state index contributed by atoms with van der Waals surface area (Å²) in [5, 5.41) is 4.36. The van der Waals surface area contributed by atoms with Gasteiger partial charge in [-0.2, -0.15) is 0 Å². The molecule has 1 N–H and O–H groups in total. The first kappa shape index (κ1) is 15.6. The maximum absolute atomic E-state index is 6.03. The maximum Gasteiger partial charge on any atom is 0.123 e. The molecule has 0 atom stereocenters. The molecule has 0 heterocycles. The van der Waals surface area contributed by atoms with Crippen molar-refractivity contribution in [1.29, 1.82) is 0 Å². The summed E-state index contributed by atoms with van der Waals surface area (Å²) in [5.41, 5.74) is 1.16. The monoisotopic (exact) mass is 289 g/mol. The molecule has 4 heteroatoms. The fraction of sp³-hybridized carbons (Fsp3) is 0.571.